The normalized spacial score (nSPS) is 16.1. The van der Waals surface area contributed by atoms with Gasteiger partial charge >= 0.3 is 0 Å². The number of nitrogens with two attached hydrogens (primary N) is 1. The maximum absolute atomic E-state index is 11.9. The Labute approximate surface area is 126 Å². The summed E-state index contributed by atoms with van der Waals surface area (Å²) in [7, 11) is -3.71. The van der Waals surface area contributed by atoms with Crippen LogP contribution < -0.4 is 10.5 Å². The smallest absolute Gasteiger partial charge is 0.238 e. The molecule has 5 nitrogen and oxygen atoms in total. The third-order valence-corrected chi connectivity index (χ3v) is 5.09. The molecule has 1 saturated carbocycles. The summed E-state index contributed by atoms with van der Waals surface area (Å²) >= 11 is 0. The van der Waals surface area contributed by atoms with Crippen LogP contribution >= 0.6 is 0 Å². The zero-order valence-electron chi connectivity index (χ0n) is 12.3. The molecular formula is C15H22N2O3S. The summed E-state index contributed by atoms with van der Waals surface area (Å²) in [5.74, 6) is 0.659. The molecule has 2 rings (SSSR count). The molecule has 0 radical (unpaired) electrons. The number of carbonyl (C=O) groups excluding carboxylic acids is 1. The molecule has 0 aromatic heterocycles. The van der Waals surface area contributed by atoms with Crippen molar-refractivity contribution in [3.8, 4) is 0 Å². The van der Waals surface area contributed by atoms with Gasteiger partial charge in [0.2, 0.25) is 15.9 Å². The summed E-state index contributed by atoms with van der Waals surface area (Å²) in [5, 5.41) is 7.92. The van der Waals surface area contributed by atoms with E-state index in [0.29, 0.717) is 23.6 Å². The topological polar surface area (TPSA) is 89.3 Å². The lowest BCUT2D eigenvalue weighted by molar-refractivity contribution is -0.116. The Morgan fingerprint density at radius 1 is 1.33 bits per heavy atom. The molecule has 1 amide bonds. The Morgan fingerprint density at radius 3 is 2.57 bits per heavy atom. The van der Waals surface area contributed by atoms with E-state index >= 15 is 0 Å². The van der Waals surface area contributed by atoms with Gasteiger partial charge in [-0.05, 0) is 43.0 Å². The standard InChI is InChI=1S/C15H22N2O3S/c1-11-10-13(7-8-14(11)21(16,19)20)17-15(18)9-6-12-4-2-3-5-12/h7-8,10,12H,2-6,9H2,1H3,(H,17,18)(H2,16,19,20). The van der Waals surface area contributed by atoms with Crippen molar-refractivity contribution in [2.24, 2.45) is 11.1 Å². The van der Waals surface area contributed by atoms with E-state index in [1.807, 2.05) is 0 Å². The molecule has 3 N–H and O–H groups in total. The van der Waals surface area contributed by atoms with Gasteiger partial charge in [0.05, 0.1) is 4.90 Å². The van der Waals surface area contributed by atoms with Gasteiger partial charge in [0, 0.05) is 12.1 Å². The molecule has 1 fully saturated rings. The van der Waals surface area contributed by atoms with Crippen LogP contribution in [-0.2, 0) is 14.8 Å². The van der Waals surface area contributed by atoms with Crippen LogP contribution in [0.5, 0.6) is 0 Å². The summed E-state index contributed by atoms with van der Waals surface area (Å²) in [5.41, 5.74) is 1.14. The van der Waals surface area contributed by atoms with E-state index in [-0.39, 0.29) is 10.8 Å². The van der Waals surface area contributed by atoms with Gasteiger partial charge < -0.3 is 5.32 Å². The monoisotopic (exact) mass is 310 g/mol. The van der Waals surface area contributed by atoms with Gasteiger partial charge in [0.25, 0.3) is 0 Å². The maximum atomic E-state index is 11.9. The van der Waals surface area contributed by atoms with Crippen molar-refractivity contribution in [1.82, 2.24) is 0 Å². The van der Waals surface area contributed by atoms with Crippen LogP contribution in [0.15, 0.2) is 23.1 Å². The quantitative estimate of drug-likeness (QED) is 0.876. The average molecular weight is 310 g/mol. The molecule has 1 aromatic carbocycles. The highest BCUT2D eigenvalue weighted by Gasteiger charge is 2.16. The third-order valence-electron chi connectivity index (χ3n) is 4.02. The van der Waals surface area contributed by atoms with E-state index < -0.39 is 10.0 Å². The van der Waals surface area contributed by atoms with Crippen molar-refractivity contribution in [1.29, 1.82) is 0 Å². The second kappa shape index (κ2) is 6.58. The van der Waals surface area contributed by atoms with Crippen molar-refractivity contribution in [3.63, 3.8) is 0 Å². The van der Waals surface area contributed by atoms with Crippen LogP contribution in [-0.4, -0.2) is 14.3 Å². The first kappa shape index (κ1) is 16.0. The second-order valence-electron chi connectivity index (χ2n) is 5.76. The Hall–Kier alpha value is -1.40. The fraction of sp³-hybridized carbons (Fsp3) is 0.533. The van der Waals surface area contributed by atoms with Crippen LogP contribution in [0.3, 0.4) is 0 Å². The number of sulfonamides is 1. The third kappa shape index (κ3) is 4.54. The van der Waals surface area contributed by atoms with Crippen molar-refractivity contribution >= 4 is 21.6 Å². The lowest BCUT2D eigenvalue weighted by atomic mass is 10.0. The molecule has 0 atom stereocenters. The van der Waals surface area contributed by atoms with E-state index in [0.717, 1.165) is 6.42 Å². The van der Waals surface area contributed by atoms with Gasteiger partial charge in [-0.25, -0.2) is 13.6 Å². The minimum absolute atomic E-state index is 0.0235. The number of carbonyl (C=O) groups is 1. The average Bonchev–Trinajstić information content (AvgIpc) is 2.88. The first-order chi connectivity index (χ1) is 9.86. The number of benzene rings is 1. The number of amides is 1. The van der Waals surface area contributed by atoms with E-state index in [9.17, 15) is 13.2 Å². The molecule has 0 aliphatic heterocycles. The summed E-state index contributed by atoms with van der Waals surface area (Å²) in [6.45, 7) is 1.66. The van der Waals surface area contributed by atoms with Gasteiger partial charge in [-0.3, -0.25) is 4.79 Å². The minimum Gasteiger partial charge on any atom is -0.326 e. The predicted molar refractivity (Wildman–Crippen MR) is 82.4 cm³/mol. The largest absolute Gasteiger partial charge is 0.326 e. The van der Waals surface area contributed by atoms with Gasteiger partial charge in [0.1, 0.15) is 0 Å². The van der Waals surface area contributed by atoms with Crippen LogP contribution in [0.25, 0.3) is 0 Å². The van der Waals surface area contributed by atoms with E-state index in [4.69, 9.17) is 5.14 Å². The number of aryl methyl sites for hydroxylation is 1. The zero-order valence-corrected chi connectivity index (χ0v) is 13.1. The fourth-order valence-electron chi connectivity index (χ4n) is 2.90. The SMILES string of the molecule is Cc1cc(NC(=O)CCC2CCCC2)ccc1S(N)(=O)=O. The predicted octanol–water partition coefficient (Wildman–Crippen LogP) is 2.55. The minimum atomic E-state index is -3.71. The van der Waals surface area contributed by atoms with Crippen LogP contribution in [0.4, 0.5) is 5.69 Å². The number of hydrogen-bond acceptors (Lipinski definition) is 3. The first-order valence-corrected chi connectivity index (χ1v) is 8.84. The molecule has 6 heteroatoms. The van der Waals surface area contributed by atoms with Gasteiger partial charge in [-0.1, -0.05) is 25.7 Å². The number of anilines is 1. The lowest BCUT2D eigenvalue weighted by Crippen LogP contribution is -2.15. The maximum Gasteiger partial charge on any atom is 0.238 e. The highest BCUT2D eigenvalue weighted by molar-refractivity contribution is 7.89. The fourth-order valence-corrected chi connectivity index (χ4v) is 3.67. The summed E-state index contributed by atoms with van der Waals surface area (Å²) in [6, 6.07) is 4.63. The van der Waals surface area contributed by atoms with E-state index in [1.165, 1.54) is 31.7 Å². The van der Waals surface area contributed by atoms with E-state index in [1.54, 1.807) is 19.1 Å². The molecule has 0 bridgehead atoms. The number of primary sulfonamides is 1. The highest BCUT2D eigenvalue weighted by atomic mass is 32.2. The first-order valence-electron chi connectivity index (χ1n) is 7.29. The molecule has 1 aliphatic carbocycles. The molecule has 1 aromatic rings. The van der Waals surface area contributed by atoms with Crippen molar-refractivity contribution in [3.05, 3.63) is 23.8 Å². The van der Waals surface area contributed by atoms with Gasteiger partial charge in [-0.15, -0.1) is 0 Å². The lowest BCUT2D eigenvalue weighted by Gasteiger charge is -2.10. The Kier molecular flexibility index (Phi) is 5.00. The number of rotatable bonds is 5. The molecule has 116 valence electrons. The van der Waals surface area contributed by atoms with Crippen LogP contribution in [0.1, 0.15) is 44.1 Å². The molecule has 1 aliphatic rings. The summed E-state index contributed by atoms with van der Waals surface area (Å²) in [4.78, 5) is 12.0. The van der Waals surface area contributed by atoms with Gasteiger partial charge in [0.15, 0.2) is 0 Å². The number of hydrogen-bond donors (Lipinski definition) is 2. The van der Waals surface area contributed by atoms with Crippen LogP contribution in [0, 0.1) is 12.8 Å². The highest BCUT2D eigenvalue weighted by Crippen LogP contribution is 2.28. The van der Waals surface area contributed by atoms with Gasteiger partial charge in [-0.2, -0.15) is 0 Å². The number of nitrogens with one attached hydrogen (secondary N) is 1. The molecule has 0 unspecified atom stereocenters. The van der Waals surface area contributed by atoms with E-state index in [2.05, 4.69) is 5.32 Å². The Bertz CT molecular complexity index is 620. The van der Waals surface area contributed by atoms with Crippen molar-refractivity contribution in [2.45, 2.75) is 50.3 Å². The summed E-state index contributed by atoms with van der Waals surface area (Å²) < 4.78 is 22.7. The molecular weight excluding hydrogens is 288 g/mol. The molecule has 0 spiro atoms. The molecule has 0 saturated heterocycles. The Balaban J connectivity index is 1.93. The van der Waals surface area contributed by atoms with Crippen LogP contribution in [0.2, 0.25) is 0 Å². The van der Waals surface area contributed by atoms with Crippen molar-refractivity contribution < 1.29 is 13.2 Å². The molecule has 0 heterocycles. The van der Waals surface area contributed by atoms with Crippen molar-refractivity contribution in [2.75, 3.05) is 5.32 Å². The molecule has 21 heavy (non-hydrogen) atoms. The summed E-state index contributed by atoms with van der Waals surface area (Å²) in [6.07, 6.45) is 6.46. The zero-order chi connectivity index (χ0) is 15.5. The second-order valence-corrected chi connectivity index (χ2v) is 7.29. The Morgan fingerprint density at radius 2 is 2.00 bits per heavy atom.